The number of hydrogen-bond acceptors (Lipinski definition) is 15. The normalized spacial score (nSPS) is 10.5. The van der Waals surface area contributed by atoms with E-state index in [1.54, 1.807) is 0 Å². The molecule has 0 heterocycles. The van der Waals surface area contributed by atoms with E-state index >= 15 is 0 Å². The standard InChI is InChI=1S/C33H54N12O12/c34-43-40-4-10-52-16-22-55-19-13-49-7-1-37-31(46)28-25-29(32(47)38-2-8-50-14-20-56-23-17-53-11-5-41-44-35)27-30(26-28)33(48)39-3-9-51-15-21-57-24-18-54-12-6-42-45-36/h25-27H,1-24H2,(H,37,46)(H,38,47)(H,39,48). The Hall–Kier alpha value is -4.80. The van der Waals surface area contributed by atoms with Crippen molar-refractivity contribution in [3.63, 3.8) is 0 Å². The van der Waals surface area contributed by atoms with Crippen LogP contribution in [0.5, 0.6) is 0 Å². The Labute approximate surface area is 330 Å². The van der Waals surface area contributed by atoms with Crippen LogP contribution in [0, 0.1) is 0 Å². The van der Waals surface area contributed by atoms with Crippen molar-refractivity contribution in [2.24, 2.45) is 15.3 Å². The summed E-state index contributed by atoms with van der Waals surface area (Å²) in [6, 6.07) is 4.17. The van der Waals surface area contributed by atoms with Gasteiger partial charge in [0.1, 0.15) is 0 Å². The van der Waals surface area contributed by atoms with Crippen molar-refractivity contribution in [3.8, 4) is 0 Å². The minimum atomic E-state index is -0.509. The monoisotopic (exact) mass is 810 g/mol. The van der Waals surface area contributed by atoms with Gasteiger partial charge in [-0.3, -0.25) is 14.4 Å². The molecule has 0 radical (unpaired) electrons. The summed E-state index contributed by atoms with van der Waals surface area (Å²) in [5.41, 5.74) is 25.0. The zero-order chi connectivity index (χ0) is 41.3. The molecule has 0 bridgehead atoms. The lowest BCUT2D eigenvalue weighted by Crippen LogP contribution is -2.31. The van der Waals surface area contributed by atoms with Crippen molar-refractivity contribution in [1.29, 1.82) is 0 Å². The predicted molar refractivity (Wildman–Crippen MR) is 203 cm³/mol. The van der Waals surface area contributed by atoms with Crippen molar-refractivity contribution in [2.45, 2.75) is 0 Å². The first-order valence-electron chi connectivity index (χ1n) is 18.2. The van der Waals surface area contributed by atoms with Crippen LogP contribution in [0.4, 0.5) is 0 Å². The quantitative estimate of drug-likeness (QED) is 0.0372. The second-order valence-electron chi connectivity index (χ2n) is 10.9. The Balaban J connectivity index is 2.53. The molecule has 1 aromatic carbocycles. The molecule has 0 fully saturated rings. The van der Waals surface area contributed by atoms with E-state index < -0.39 is 17.7 Å². The molecule has 0 atom stereocenters. The fourth-order valence-electron chi connectivity index (χ4n) is 4.11. The molecule has 0 unspecified atom stereocenters. The average Bonchev–Trinajstić information content (AvgIpc) is 3.22. The highest BCUT2D eigenvalue weighted by molar-refractivity contribution is 6.04. The second kappa shape index (κ2) is 38.1. The Morgan fingerprint density at radius 2 is 0.596 bits per heavy atom. The van der Waals surface area contributed by atoms with Gasteiger partial charge in [0.05, 0.1) is 119 Å². The van der Waals surface area contributed by atoms with Crippen molar-refractivity contribution >= 4 is 17.7 Å². The Morgan fingerprint density at radius 1 is 0.386 bits per heavy atom. The Morgan fingerprint density at radius 3 is 0.825 bits per heavy atom. The first-order valence-corrected chi connectivity index (χ1v) is 18.2. The Kier molecular flexibility index (Phi) is 33.6. The number of nitrogens with one attached hydrogen (secondary N) is 3. The maximum atomic E-state index is 13.1. The van der Waals surface area contributed by atoms with Gasteiger partial charge in [-0.25, -0.2) is 0 Å². The molecule has 0 aliphatic carbocycles. The number of azide groups is 3. The maximum Gasteiger partial charge on any atom is 0.251 e. The topological polar surface area (TPSA) is 317 Å². The molecule has 3 N–H and O–H groups in total. The number of carbonyl (C=O) groups is 3. The highest BCUT2D eigenvalue weighted by Gasteiger charge is 2.16. The molecule has 57 heavy (non-hydrogen) atoms. The van der Waals surface area contributed by atoms with E-state index in [1.807, 2.05) is 0 Å². The molecule has 0 aliphatic rings. The van der Waals surface area contributed by atoms with Crippen LogP contribution >= 0.6 is 0 Å². The molecule has 0 aromatic heterocycles. The van der Waals surface area contributed by atoms with Gasteiger partial charge in [-0.1, -0.05) is 15.3 Å². The van der Waals surface area contributed by atoms with E-state index in [-0.39, 0.29) is 95.6 Å². The number of amides is 3. The van der Waals surface area contributed by atoms with Gasteiger partial charge in [0.25, 0.3) is 17.7 Å². The maximum absolute atomic E-state index is 13.1. The average molecular weight is 811 g/mol. The van der Waals surface area contributed by atoms with E-state index in [9.17, 15) is 14.4 Å². The van der Waals surface area contributed by atoms with E-state index in [1.165, 1.54) is 18.2 Å². The molecule has 24 heteroatoms. The Bertz CT molecular complexity index is 1220. The molecule has 318 valence electrons. The number of ether oxygens (including phenoxy) is 9. The summed E-state index contributed by atoms with van der Waals surface area (Å²) in [6.45, 7) is 6.66. The van der Waals surface area contributed by atoms with Crippen LogP contribution < -0.4 is 16.0 Å². The number of carbonyl (C=O) groups excluding carboxylic acids is 3. The van der Waals surface area contributed by atoms with Crippen LogP contribution in [0.15, 0.2) is 33.5 Å². The van der Waals surface area contributed by atoms with Gasteiger partial charge >= 0.3 is 0 Å². The number of benzene rings is 1. The summed E-state index contributed by atoms with van der Waals surface area (Å²) in [7, 11) is 0. The predicted octanol–water partition coefficient (Wildman–Crippen LogP) is 1.96. The smallest absolute Gasteiger partial charge is 0.251 e. The van der Waals surface area contributed by atoms with Crippen LogP contribution in [-0.4, -0.2) is 176 Å². The van der Waals surface area contributed by atoms with Crippen LogP contribution in [0.2, 0.25) is 0 Å². The zero-order valence-corrected chi connectivity index (χ0v) is 32.1. The fraction of sp³-hybridized carbons (Fsp3) is 0.727. The molecule has 0 aliphatic heterocycles. The summed E-state index contributed by atoms with van der Waals surface area (Å²) in [6.07, 6.45) is 0. The van der Waals surface area contributed by atoms with Crippen LogP contribution in [0.3, 0.4) is 0 Å². The van der Waals surface area contributed by atoms with Gasteiger partial charge in [-0.2, -0.15) is 0 Å². The molecule has 3 amide bonds. The molecule has 1 aromatic rings. The third-order valence-electron chi connectivity index (χ3n) is 6.74. The summed E-state index contributed by atoms with van der Waals surface area (Å²) in [4.78, 5) is 47.1. The van der Waals surface area contributed by atoms with E-state index in [0.717, 1.165) is 0 Å². The SMILES string of the molecule is [N-]=[N+]=NCCOCCOCCOCCNC(=O)c1cc(C(=O)NCCOCCOCCOCCN=[N+]=[N-])cc(C(=O)NCCOCCOCCOCCN=[N+]=[N-])c1. The van der Waals surface area contributed by atoms with E-state index in [4.69, 9.17) is 59.2 Å². The molecule has 0 spiro atoms. The van der Waals surface area contributed by atoms with Gasteiger partial charge in [0.15, 0.2) is 0 Å². The van der Waals surface area contributed by atoms with Gasteiger partial charge in [-0.05, 0) is 34.8 Å². The van der Waals surface area contributed by atoms with Crippen LogP contribution in [0.25, 0.3) is 31.3 Å². The molecule has 1 rings (SSSR count). The van der Waals surface area contributed by atoms with E-state index in [0.29, 0.717) is 79.3 Å². The minimum Gasteiger partial charge on any atom is -0.379 e. The number of rotatable bonds is 39. The summed E-state index contributed by atoms with van der Waals surface area (Å²) < 4.78 is 48.4. The summed E-state index contributed by atoms with van der Waals surface area (Å²) in [5, 5.41) is 18.3. The van der Waals surface area contributed by atoms with Gasteiger partial charge in [-0.15, -0.1) is 0 Å². The number of hydrogen-bond donors (Lipinski definition) is 3. The third-order valence-corrected chi connectivity index (χ3v) is 6.74. The molecule has 24 nitrogen and oxygen atoms in total. The highest BCUT2D eigenvalue weighted by Crippen LogP contribution is 2.12. The third kappa shape index (κ3) is 30.1. The lowest BCUT2D eigenvalue weighted by molar-refractivity contribution is 0.0166. The molecular formula is C33H54N12O12. The van der Waals surface area contributed by atoms with Crippen LogP contribution in [-0.2, 0) is 42.6 Å². The highest BCUT2D eigenvalue weighted by atomic mass is 16.6. The lowest BCUT2D eigenvalue weighted by Gasteiger charge is -2.12. The zero-order valence-electron chi connectivity index (χ0n) is 32.1. The first-order chi connectivity index (χ1) is 28.0. The van der Waals surface area contributed by atoms with Gasteiger partial charge in [0.2, 0.25) is 0 Å². The van der Waals surface area contributed by atoms with Crippen molar-refractivity contribution in [2.75, 3.05) is 158 Å². The van der Waals surface area contributed by atoms with Crippen molar-refractivity contribution < 1.29 is 57.0 Å². The van der Waals surface area contributed by atoms with Crippen LogP contribution in [0.1, 0.15) is 31.1 Å². The summed E-state index contributed by atoms with van der Waals surface area (Å²) >= 11 is 0. The first kappa shape index (κ1) is 50.2. The molecule has 0 saturated carbocycles. The fourth-order valence-corrected chi connectivity index (χ4v) is 4.11. The van der Waals surface area contributed by atoms with E-state index in [2.05, 4.69) is 46.0 Å². The van der Waals surface area contributed by atoms with Gasteiger partial charge in [0, 0.05) is 70.7 Å². The molecular weight excluding hydrogens is 756 g/mol. The summed E-state index contributed by atoms with van der Waals surface area (Å²) in [5.74, 6) is -1.53. The largest absolute Gasteiger partial charge is 0.379 e. The number of nitrogens with zero attached hydrogens (tertiary/aromatic N) is 9. The van der Waals surface area contributed by atoms with Crippen molar-refractivity contribution in [3.05, 3.63) is 66.2 Å². The van der Waals surface area contributed by atoms with Gasteiger partial charge < -0.3 is 58.6 Å². The minimum absolute atomic E-state index is 0.0990. The second-order valence-corrected chi connectivity index (χ2v) is 10.9. The molecule has 0 saturated heterocycles. The lowest BCUT2D eigenvalue weighted by atomic mass is 10.0. The van der Waals surface area contributed by atoms with Crippen molar-refractivity contribution in [1.82, 2.24) is 16.0 Å².